The zero-order valence-corrected chi connectivity index (χ0v) is 8.58. The Morgan fingerprint density at radius 1 is 0.786 bits per heavy atom. The minimum absolute atomic E-state index is 1.31. The fourth-order valence-electron chi connectivity index (χ4n) is 1.95. The van der Waals surface area contributed by atoms with E-state index in [1.165, 1.54) is 37.7 Å². The van der Waals surface area contributed by atoms with Crippen molar-refractivity contribution in [3.63, 3.8) is 0 Å². The van der Waals surface area contributed by atoms with Crippen molar-refractivity contribution < 1.29 is 0 Å². The highest BCUT2D eigenvalue weighted by molar-refractivity contribution is 5.51. The predicted molar refractivity (Wildman–Crippen MR) is 61.8 cm³/mol. The van der Waals surface area contributed by atoms with Gasteiger partial charge in [0.05, 0.1) is 0 Å². The van der Waals surface area contributed by atoms with Crippen LogP contribution in [-0.4, -0.2) is 0 Å². The van der Waals surface area contributed by atoms with E-state index in [1.54, 1.807) is 5.92 Å². The number of hydrogen-bond donors (Lipinski definition) is 0. The summed E-state index contributed by atoms with van der Waals surface area (Å²) in [4.78, 5) is 0. The number of rotatable bonds is 2. The second kappa shape index (κ2) is 4.99. The van der Waals surface area contributed by atoms with Gasteiger partial charge >= 0.3 is 0 Å². The van der Waals surface area contributed by atoms with Crippen LogP contribution < -0.4 is 0 Å². The molecule has 1 aliphatic carbocycles. The highest BCUT2D eigenvalue weighted by Gasteiger charge is 2.09. The van der Waals surface area contributed by atoms with E-state index in [-0.39, 0.29) is 0 Å². The molecule has 0 nitrogen and oxygen atoms in total. The van der Waals surface area contributed by atoms with Crippen LogP contribution in [0.2, 0.25) is 0 Å². The fraction of sp³-hybridized carbons (Fsp3) is 0.357. The van der Waals surface area contributed by atoms with Gasteiger partial charge in [-0.2, -0.15) is 0 Å². The van der Waals surface area contributed by atoms with Crippen LogP contribution in [0.4, 0.5) is 0 Å². The SMILES string of the molecule is C(=C\c1ccccc1)/[C]1CCCCC1. The Kier molecular flexibility index (Phi) is 3.39. The van der Waals surface area contributed by atoms with Gasteiger partial charge in [-0.25, -0.2) is 0 Å². The summed E-state index contributed by atoms with van der Waals surface area (Å²) in [5, 5.41) is 0. The van der Waals surface area contributed by atoms with Gasteiger partial charge in [0.25, 0.3) is 0 Å². The first-order valence-corrected chi connectivity index (χ1v) is 5.53. The lowest BCUT2D eigenvalue weighted by Crippen LogP contribution is -1.99. The summed E-state index contributed by atoms with van der Waals surface area (Å²) in [5.74, 6) is 1.63. The molecule has 1 radical (unpaired) electrons. The third-order valence-electron chi connectivity index (χ3n) is 2.81. The van der Waals surface area contributed by atoms with Crippen molar-refractivity contribution in [2.45, 2.75) is 32.1 Å². The molecule has 1 aliphatic rings. The summed E-state index contributed by atoms with van der Waals surface area (Å²) in [5.41, 5.74) is 1.31. The second-order valence-corrected chi connectivity index (χ2v) is 3.96. The third kappa shape index (κ3) is 2.73. The molecule has 0 amide bonds. The maximum atomic E-state index is 2.31. The van der Waals surface area contributed by atoms with Crippen molar-refractivity contribution in [2.75, 3.05) is 0 Å². The van der Waals surface area contributed by atoms with Crippen molar-refractivity contribution in [2.24, 2.45) is 0 Å². The Morgan fingerprint density at radius 2 is 1.50 bits per heavy atom. The van der Waals surface area contributed by atoms with E-state index in [1.807, 2.05) is 0 Å². The van der Waals surface area contributed by atoms with Crippen molar-refractivity contribution >= 4 is 6.08 Å². The van der Waals surface area contributed by atoms with E-state index in [2.05, 4.69) is 42.5 Å². The molecule has 0 unspecified atom stereocenters. The highest BCUT2D eigenvalue weighted by Crippen LogP contribution is 2.26. The van der Waals surface area contributed by atoms with E-state index in [4.69, 9.17) is 0 Å². The molecule has 14 heavy (non-hydrogen) atoms. The molecule has 1 fully saturated rings. The smallest absolute Gasteiger partial charge is 0.00239 e. The van der Waals surface area contributed by atoms with Crippen LogP contribution in [0.25, 0.3) is 6.08 Å². The summed E-state index contributed by atoms with van der Waals surface area (Å²) < 4.78 is 0. The third-order valence-corrected chi connectivity index (χ3v) is 2.81. The average molecular weight is 185 g/mol. The summed E-state index contributed by atoms with van der Waals surface area (Å²) in [6.45, 7) is 0. The van der Waals surface area contributed by atoms with E-state index in [9.17, 15) is 0 Å². The standard InChI is InChI=1S/C14H17/c1-3-7-13(8-4-1)11-12-14-9-5-2-6-10-14/h1,3-4,7-8,11-12H,2,5-6,9-10H2/b12-11+. The molecule has 0 heterocycles. The van der Waals surface area contributed by atoms with Gasteiger partial charge in [-0.05, 0) is 24.3 Å². The van der Waals surface area contributed by atoms with Crippen LogP contribution in [0.1, 0.15) is 37.7 Å². The zero-order valence-electron chi connectivity index (χ0n) is 8.58. The normalized spacial score (nSPS) is 18.9. The average Bonchev–Trinajstić information content (AvgIpc) is 2.29. The molecule has 0 spiro atoms. The molecule has 0 saturated heterocycles. The van der Waals surface area contributed by atoms with Gasteiger partial charge < -0.3 is 0 Å². The Balaban J connectivity index is 1.93. The quantitative estimate of drug-likeness (QED) is 0.646. The van der Waals surface area contributed by atoms with E-state index in [0.29, 0.717) is 0 Å². The Morgan fingerprint density at radius 3 is 2.21 bits per heavy atom. The van der Waals surface area contributed by atoms with Crippen LogP contribution >= 0.6 is 0 Å². The first-order chi connectivity index (χ1) is 6.95. The fourth-order valence-corrected chi connectivity index (χ4v) is 1.95. The minimum Gasteiger partial charge on any atom is -0.0768 e. The van der Waals surface area contributed by atoms with Crippen molar-refractivity contribution in [3.05, 3.63) is 47.9 Å². The highest BCUT2D eigenvalue weighted by atomic mass is 14.1. The summed E-state index contributed by atoms with van der Waals surface area (Å²) >= 11 is 0. The lowest BCUT2D eigenvalue weighted by Gasteiger charge is -2.16. The first-order valence-electron chi connectivity index (χ1n) is 5.53. The maximum absolute atomic E-state index is 2.31. The minimum atomic E-state index is 1.31. The van der Waals surface area contributed by atoms with E-state index >= 15 is 0 Å². The van der Waals surface area contributed by atoms with Crippen molar-refractivity contribution in [1.29, 1.82) is 0 Å². The predicted octanol–water partition coefficient (Wildman–Crippen LogP) is 4.24. The van der Waals surface area contributed by atoms with Crippen LogP contribution in [0, 0.1) is 5.92 Å². The molecule has 1 saturated carbocycles. The first kappa shape index (κ1) is 9.51. The molecule has 0 atom stereocenters. The molecular formula is C14H17. The molecule has 0 aromatic heterocycles. The van der Waals surface area contributed by atoms with Gasteiger partial charge in [-0.1, -0.05) is 61.7 Å². The molecule has 73 valence electrons. The summed E-state index contributed by atoms with van der Waals surface area (Å²) in [6, 6.07) is 10.5. The summed E-state index contributed by atoms with van der Waals surface area (Å²) in [7, 11) is 0. The Labute approximate surface area is 86.7 Å². The second-order valence-electron chi connectivity index (χ2n) is 3.96. The zero-order chi connectivity index (χ0) is 9.64. The van der Waals surface area contributed by atoms with Crippen molar-refractivity contribution in [1.82, 2.24) is 0 Å². The van der Waals surface area contributed by atoms with Crippen LogP contribution in [0.5, 0.6) is 0 Å². The molecule has 0 heteroatoms. The molecule has 0 N–H and O–H groups in total. The van der Waals surface area contributed by atoms with Gasteiger partial charge in [0.2, 0.25) is 0 Å². The monoisotopic (exact) mass is 185 g/mol. The Bertz CT molecular complexity index is 278. The van der Waals surface area contributed by atoms with E-state index in [0.717, 1.165) is 0 Å². The maximum Gasteiger partial charge on any atom is -0.00239 e. The van der Waals surface area contributed by atoms with E-state index < -0.39 is 0 Å². The number of allylic oxidation sites excluding steroid dienone is 1. The number of hydrogen-bond acceptors (Lipinski definition) is 0. The number of benzene rings is 1. The van der Waals surface area contributed by atoms with Gasteiger partial charge in [0.15, 0.2) is 0 Å². The largest absolute Gasteiger partial charge is 0.0768 e. The molecular weight excluding hydrogens is 168 g/mol. The van der Waals surface area contributed by atoms with Crippen molar-refractivity contribution in [3.8, 4) is 0 Å². The molecule has 1 aromatic carbocycles. The van der Waals surface area contributed by atoms with Gasteiger partial charge in [0.1, 0.15) is 0 Å². The van der Waals surface area contributed by atoms with Crippen LogP contribution in [-0.2, 0) is 0 Å². The summed E-state index contributed by atoms with van der Waals surface area (Å²) in [6.07, 6.45) is 11.4. The van der Waals surface area contributed by atoms with Gasteiger partial charge in [-0.15, -0.1) is 0 Å². The van der Waals surface area contributed by atoms with Crippen LogP contribution in [0.15, 0.2) is 36.4 Å². The molecule has 0 bridgehead atoms. The van der Waals surface area contributed by atoms with Gasteiger partial charge in [0, 0.05) is 0 Å². The topological polar surface area (TPSA) is 0 Å². The molecule has 1 aromatic rings. The Hall–Kier alpha value is -1.04. The molecule has 2 rings (SSSR count). The lowest BCUT2D eigenvalue weighted by molar-refractivity contribution is 0.558. The van der Waals surface area contributed by atoms with Gasteiger partial charge in [-0.3, -0.25) is 0 Å². The van der Waals surface area contributed by atoms with Crippen LogP contribution in [0.3, 0.4) is 0 Å². The molecule has 0 aliphatic heterocycles. The lowest BCUT2D eigenvalue weighted by atomic mass is 9.89.